The smallest absolute Gasteiger partial charge is 0.322 e. The second-order valence-corrected chi connectivity index (χ2v) is 7.81. The van der Waals surface area contributed by atoms with Crippen LogP contribution in [0.25, 0.3) is 10.9 Å². The van der Waals surface area contributed by atoms with E-state index in [4.69, 9.17) is 11.6 Å². The minimum absolute atomic E-state index is 0.146. The topological polar surface area (TPSA) is 78.1 Å². The zero-order valence-electron chi connectivity index (χ0n) is 16.9. The molecule has 0 aliphatic carbocycles. The van der Waals surface area contributed by atoms with Crippen LogP contribution in [0.4, 0.5) is 10.5 Å². The van der Waals surface area contributed by atoms with E-state index in [-0.39, 0.29) is 18.1 Å². The minimum Gasteiger partial charge on any atom is -0.322 e. The number of aryl methyl sites for hydroxylation is 1. The summed E-state index contributed by atoms with van der Waals surface area (Å²) in [6.07, 6.45) is 3.38. The summed E-state index contributed by atoms with van der Waals surface area (Å²) in [6.45, 7) is 2.43. The monoisotopic (exact) mass is 432 g/mol. The predicted molar refractivity (Wildman–Crippen MR) is 123 cm³/mol. The Balaban J connectivity index is 1.63. The number of carbonyl (C=O) groups excluding carboxylic acids is 1. The summed E-state index contributed by atoms with van der Waals surface area (Å²) in [7, 11) is 0. The van der Waals surface area contributed by atoms with E-state index in [2.05, 4.69) is 15.3 Å². The first-order chi connectivity index (χ1) is 15.0. The molecule has 0 radical (unpaired) electrons. The van der Waals surface area contributed by atoms with E-state index in [0.29, 0.717) is 22.8 Å². The maximum atomic E-state index is 13.1. The molecular weight excluding hydrogens is 412 g/mol. The lowest BCUT2D eigenvalue weighted by atomic mass is 10.1. The average Bonchev–Trinajstić information content (AvgIpc) is 2.76. The van der Waals surface area contributed by atoms with Gasteiger partial charge in [0.15, 0.2) is 0 Å². The number of hydrogen-bond acceptors (Lipinski definition) is 3. The number of halogens is 1. The SMILES string of the molecule is Cc1ccc2cc(CN(Cc3cccnc3)C(=O)Nc3ccc(Cl)cc3)c(=O)[nH]c2c1. The number of hydrogen-bond donors (Lipinski definition) is 2. The molecule has 0 spiro atoms. The molecule has 0 aliphatic rings. The second-order valence-electron chi connectivity index (χ2n) is 7.37. The Kier molecular flexibility index (Phi) is 6.00. The lowest BCUT2D eigenvalue weighted by molar-refractivity contribution is 0.206. The van der Waals surface area contributed by atoms with E-state index < -0.39 is 0 Å². The molecule has 0 saturated carbocycles. The highest BCUT2D eigenvalue weighted by atomic mass is 35.5. The summed E-state index contributed by atoms with van der Waals surface area (Å²) < 4.78 is 0. The molecule has 2 aromatic heterocycles. The van der Waals surface area contributed by atoms with E-state index in [0.717, 1.165) is 22.0 Å². The van der Waals surface area contributed by atoms with Crippen molar-refractivity contribution in [2.24, 2.45) is 0 Å². The van der Waals surface area contributed by atoms with E-state index in [1.54, 1.807) is 41.6 Å². The summed E-state index contributed by atoms with van der Waals surface area (Å²) in [4.78, 5) is 34.4. The second kappa shape index (κ2) is 9.02. The van der Waals surface area contributed by atoms with Gasteiger partial charge in [-0.1, -0.05) is 29.8 Å². The van der Waals surface area contributed by atoms with Crippen molar-refractivity contribution >= 4 is 34.2 Å². The molecule has 4 rings (SSSR count). The van der Waals surface area contributed by atoms with E-state index in [1.807, 2.05) is 43.3 Å². The fourth-order valence-corrected chi connectivity index (χ4v) is 3.46. The van der Waals surface area contributed by atoms with Gasteiger partial charge in [0.1, 0.15) is 0 Å². The van der Waals surface area contributed by atoms with Crippen molar-refractivity contribution in [1.82, 2.24) is 14.9 Å². The van der Waals surface area contributed by atoms with Crippen molar-refractivity contribution in [3.8, 4) is 0 Å². The zero-order chi connectivity index (χ0) is 21.8. The standard InChI is InChI=1S/C24H21ClN4O2/c1-16-4-5-18-12-19(23(30)28-22(18)11-16)15-29(14-17-3-2-10-26-13-17)24(31)27-21-8-6-20(25)7-9-21/h2-13H,14-15H2,1H3,(H,27,31)(H,28,30). The van der Waals surface area contributed by atoms with Gasteiger partial charge in [-0.05, 0) is 65.9 Å². The molecule has 2 amide bonds. The molecule has 31 heavy (non-hydrogen) atoms. The summed E-state index contributed by atoms with van der Waals surface area (Å²) in [6, 6.07) is 18.0. The normalized spacial score (nSPS) is 10.8. The van der Waals surface area contributed by atoms with Crippen LogP contribution >= 0.6 is 11.6 Å². The number of aromatic amines is 1. The van der Waals surface area contributed by atoms with E-state index >= 15 is 0 Å². The Morgan fingerprint density at radius 1 is 1.10 bits per heavy atom. The minimum atomic E-state index is -0.324. The molecule has 0 bridgehead atoms. The summed E-state index contributed by atoms with van der Waals surface area (Å²) in [5.74, 6) is 0. The van der Waals surface area contributed by atoms with Crippen molar-refractivity contribution in [2.75, 3.05) is 5.32 Å². The van der Waals surface area contributed by atoms with E-state index in [1.165, 1.54) is 0 Å². The lowest BCUT2D eigenvalue weighted by Gasteiger charge is -2.23. The van der Waals surface area contributed by atoms with Crippen molar-refractivity contribution in [1.29, 1.82) is 0 Å². The number of fused-ring (bicyclic) bond motifs is 1. The summed E-state index contributed by atoms with van der Waals surface area (Å²) in [5, 5.41) is 4.37. The van der Waals surface area contributed by atoms with Gasteiger partial charge in [0.05, 0.1) is 6.54 Å². The average molecular weight is 433 g/mol. The molecule has 0 unspecified atom stereocenters. The van der Waals surface area contributed by atoms with Crippen molar-refractivity contribution in [2.45, 2.75) is 20.0 Å². The number of benzene rings is 2. The zero-order valence-corrected chi connectivity index (χ0v) is 17.7. The van der Waals surface area contributed by atoms with Crippen molar-refractivity contribution < 1.29 is 4.79 Å². The van der Waals surface area contributed by atoms with Crippen molar-refractivity contribution in [3.63, 3.8) is 0 Å². The van der Waals surface area contributed by atoms with Gasteiger partial charge < -0.3 is 15.2 Å². The highest BCUT2D eigenvalue weighted by Gasteiger charge is 2.17. The first-order valence-corrected chi connectivity index (χ1v) is 10.2. The van der Waals surface area contributed by atoms with Crippen LogP contribution in [0.15, 0.2) is 77.9 Å². The largest absolute Gasteiger partial charge is 0.322 e. The van der Waals surface area contributed by atoms with Gasteiger partial charge in [0.2, 0.25) is 0 Å². The molecular formula is C24H21ClN4O2. The quantitative estimate of drug-likeness (QED) is 0.459. The van der Waals surface area contributed by atoms with Crippen LogP contribution in [0.2, 0.25) is 5.02 Å². The molecule has 0 saturated heterocycles. The number of urea groups is 1. The first kappa shape index (κ1) is 20.6. The van der Waals surface area contributed by atoms with Crippen LogP contribution in [0.5, 0.6) is 0 Å². The molecule has 6 nitrogen and oxygen atoms in total. The van der Waals surface area contributed by atoms with Crippen LogP contribution in [0, 0.1) is 6.92 Å². The molecule has 156 valence electrons. The highest BCUT2D eigenvalue weighted by molar-refractivity contribution is 6.30. The molecule has 4 aromatic rings. The summed E-state index contributed by atoms with van der Waals surface area (Å²) >= 11 is 5.93. The first-order valence-electron chi connectivity index (χ1n) is 9.81. The van der Waals surface area contributed by atoms with E-state index in [9.17, 15) is 9.59 Å². The molecule has 0 atom stereocenters. The Morgan fingerprint density at radius 3 is 2.65 bits per heavy atom. The molecule has 2 N–H and O–H groups in total. The lowest BCUT2D eigenvalue weighted by Crippen LogP contribution is -2.35. The van der Waals surface area contributed by atoms with Crippen LogP contribution in [-0.2, 0) is 13.1 Å². The number of nitrogens with zero attached hydrogens (tertiary/aromatic N) is 2. The van der Waals surface area contributed by atoms with Gasteiger partial charge >= 0.3 is 6.03 Å². The fourth-order valence-electron chi connectivity index (χ4n) is 3.33. The number of aromatic nitrogens is 2. The third-order valence-electron chi connectivity index (χ3n) is 4.92. The number of carbonyl (C=O) groups is 1. The number of H-pyrrole nitrogens is 1. The molecule has 2 aromatic carbocycles. The van der Waals surface area contributed by atoms with Crippen LogP contribution < -0.4 is 10.9 Å². The number of anilines is 1. The van der Waals surface area contributed by atoms with Gasteiger partial charge in [0, 0.05) is 40.7 Å². The molecule has 2 heterocycles. The summed E-state index contributed by atoms with van der Waals surface area (Å²) in [5.41, 5.74) is 3.62. The molecule has 0 aliphatic heterocycles. The predicted octanol–water partition coefficient (Wildman–Crippen LogP) is 5.12. The van der Waals surface area contributed by atoms with Gasteiger partial charge in [-0.25, -0.2) is 4.79 Å². The Morgan fingerprint density at radius 2 is 1.90 bits per heavy atom. The van der Waals surface area contributed by atoms with Crippen LogP contribution in [0.3, 0.4) is 0 Å². The molecule has 0 fully saturated rings. The third kappa shape index (κ3) is 5.10. The Bertz CT molecular complexity index is 1270. The van der Waals surface area contributed by atoms with Crippen molar-refractivity contribution in [3.05, 3.63) is 105 Å². The number of rotatable bonds is 5. The Labute approximate surface area is 184 Å². The third-order valence-corrected chi connectivity index (χ3v) is 5.17. The maximum absolute atomic E-state index is 13.1. The fraction of sp³-hybridized carbons (Fsp3) is 0.125. The number of amides is 2. The highest BCUT2D eigenvalue weighted by Crippen LogP contribution is 2.17. The van der Waals surface area contributed by atoms with Crippen LogP contribution in [-0.4, -0.2) is 20.9 Å². The van der Waals surface area contributed by atoms with Crippen LogP contribution in [0.1, 0.15) is 16.7 Å². The number of nitrogens with one attached hydrogen (secondary N) is 2. The van der Waals surface area contributed by atoms with Gasteiger partial charge in [-0.3, -0.25) is 9.78 Å². The maximum Gasteiger partial charge on any atom is 0.322 e. The van der Waals surface area contributed by atoms with Gasteiger partial charge in [-0.15, -0.1) is 0 Å². The van der Waals surface area contributed by atoms with Gasteiger partial charge in [-0.2, -0.15) is 0 Å². The molecule has 7 heteroatoms. The number of pyridine rings is 2. The van der Waals surface area contributed by atoms with Gasteiger partial charge in [0.25, 0.3) is 5.56 Å². The Hall–Kier alpha value is -3.64.